The van der Waals surface area contributed by atoms with Crippen molar-refractivity contribution in [3.63, 3.8) is 0 Å². The zero-order valence-electron chi connectivity index (χ0n) is 26.8. The van der Waals surface area contributed by atoms with Crippen molar-refractivity contribution in [3.05, 3.63) is 88.5 Å². The van der Waals surface area contributed by atoms with E-state index in [-0.39, 0.29) is 29.7 Å². The maximum absolute atomic E-state index is 12.7. The number of aryl methyl sites for hydroxylation is 1. The van der Waals surface area contributed by atoms with Crippen molar-refractivity contribution in [2.75, 3.05) is 24.2 Å². The van der Waals surface area contributed by atoms with Crippen LogP contribution >= 0.6 is 0 Å². The van der Waals surface area contributed by atoms with Crippen molar-refractivity contribution in [2.45, 2.75) is 69.5 Å². The summed E-state index contributed by atoms with van der Waals surface area (Å²) in [6, 6.07) is 15.7. The number of rotatable bonds is 12. The van der Waals surface area contributed by atoms with Gasteiger partial charge in [-0.05, 0) is 104 Å². The lowest BCUT2D eigenvalue weighted by Crippen LogP contribution is -2.34. The zero-order chi connectivity index (χ0) is 34.3. The maximum Gasteiger partial charge on any atom is 0.410 e. The number of benzene rings is 3. The highest BCUT2D eigenvalue weighted by Crippen LogP contribution is 2.25. The van der Waals surface area contributed by atoms with Gasteiger partial charge in [0.15, 0.2) is 6.04 Å². The molecule has 3 aromatic rings. The van der Waals surface area contributed by atoms with E-state index in [1.165, 1.54) is 30.1 Å². The molecule has 0 radical (unpaired) electrons. The first-order valence-corrected chi connectivity index (χ1v) is 16.2. The van der Waals surface area contributed by atoms with Gasteiger partial charge in [0.2, 0.25) is 5.91 Å². The topological polar surface area (TPSA) is 177 Å². The Bertz CT molecular complexity index is 1670. The number of carboxylic acid groups (broad SMARTS) is 1. The molecule has 0 saturated carbocycles. The molecule has 0 aliphatic carbocycles. The van der Waals surface area contributed by atoms with Crippen LogP contribution in [0.5, 0.6) is 0 Å². The second-order valence-electron chi connectivity index (χ2n) is 12.3. The van der Waals surface area contributed by atoms with Gasteiger partial charge in [-0.2, -0.15) is 0 Å². The van der Waals surface area contributed by atoms with Crippen molar-refractivity contribution in [1.82, 2.24) is 10.2 Å². The number of fused-ring (bicyclic) bond motifs is 1. The van der Waals surface area contributed by atoms with Crippen LogP contribution < -0.4 is 16.0 Å². The summed E-state index contributed by atoms with van der Waals surface area (Å²) in [6.07, 6.45) is 1.39. The number of nitrogens with zero attached hydrogens (tertiary/aromatic N) is 1. The molecule has 0 aromatic heterocycles. The number of hydrogen-bond donors (Lipinski definition) is 4. The standard InChI is InChI=1S/C34H40N4O8S/c1-34(2,3)46-33(43)38(4)20-24-18-25(14-15-28(24)47(44)45)36-29(39)7-5-6-21-8-10-23(11-9-21)30(32(41)42)37-26-13-12-22-16-17-35-31(40)27(22)19-26/h8-15,18-19,30,37H,5-7,16-17,20H2,1-4H3,(H,35,40)(H,36,39)(H,41,42)(H,44,45)/p-1. The Morgan fingerprint density at radius 1 is 1.06 bits per heavy atom. The second-order valence-corrected chi connectivity index (χ2v) is 13.2. The van der Waals surface area contributed by atoms with Crippen LogP contribution in [0.25, 0.3) is 0 Å². The lowest BCUT2D eigenvalue weighted by Gasteiger charge is -2.25. The zero-order valence-corrected chi connectivity index (χ0v) is 27.6. The molecule has 1 aliphatic heterocycles. The predicted octanol–water partition coefficient (Wildman–Crippen LogP) is 4.78. The highest BCUT2D eigenvalue weighted by molar-refractivity contribution is 7.79. The Labute approximate surface area is 276 Å². The smallest absolute Gasteiger partial charge is 0.410 e. The second kappa shape index (κ2) is 15.2. The summed E-state index contributed by atoms with van der Waals surface area (Å²) in [5.74, 6) is -1.51. The minimum absolute atomic E-state index is 0.0114. The molecule has 47 heavy (non-hydrogen) atoms. The summed E-state index contributed by atoms with van der Waals surface area (Å²) in [7, 11) is 1.50. The van der Waals surface area contributed by atoms with Crippen molar-refractivity contribution in [2.24, 2.45) is 0 Å². The molecule has 4 N–H and O–H groups in total. The molecule has 0 saturated heterocycles. The molecule has 1 heterocycles. The Hall–Kier alpha value is -4.75. The summed E-state index contributed by atoms with van der Waals surface area (Å²) >= 11 is -2.55. The van der Waals surface area contributed by atoms with Gasteiger partial charge in [0.25, 0.3) is 5.91 Å². The van der Waals surface area contributed by atoms with E-state index in [2.05, 4.69) is 16.0 Å². The first kappa shape index (κ1) is 35.1. The molecule has 0 fully saturated rings. The maximum atomic E-state index is 12.7. The molecule has 13 heteroatoms. The van der Waals surface area contributed by atoms with E-state index in [1.54, 1.807) is 45.0 Å². The molecule has 3 amide bonds. The predicted molar refractivity (Wildman–Crippen MR) is 176 cm³/mol. The first-order chi connectivity index (χ1) is 22.2. The lowest BCUT2D eigenvalue weighted by molar-refractivity contribution is -0.138. The summed E-state index contributed by atoms with van der Waals surface area (Å²) in [5.41, 5.74) is 3.46. The molecular formula is C34H39N4O8S-. The Morgan fingerprint density at radius 2 is 1.77 bits per heavy atom. The van der Waals surface area contributed by atoms with E-state index in [0.29, 0.717) is 47.5 Å². The normalized spacial score (nSPS) is 13.9. The number of carboxylic acids is 1. The minimum atomic E-state index is -2.55. The first-order valence-electron chi connectivity index (χ1n) is 15.2. The average Bonchev–Trinajstić information content (AvgIpc) is 2.99. The summed E-state index contributed by atoms with van der Waals surface area (Å²) in [5, 5.41) is 18.5. The van der Waals surface area contributed by atoms with E-state index in [1.807, 2.05) is 18.2 Å². The van der Waals surface area contributed by atoms with Crippen LogP contribution in [0.2, 0.25) is 0 Å². The van der Waals surface area contributed by atoms with Gasteiger partial charge < -0.3 is 35.2 Å². The van der Waals surface area contributed by atoms with Gasteiger partial charge in [-0.15, -0.1) is 0 Å². The molecule has 250 valence electrons. The molecule has 2 atom stereocenters. The number of anilines is 2. The molecule has 0 spiro atoms. The average molecular weight is 664 g/mol. The van der Waals surface area contributed by atoms with Crippen LogP contribution in [0.1, 0.15) is 72.3 Å². The molecule has 4 rings (SSSR count). The van der Waals surface area contributed by atoms with E-state index in [9.17, 15) is 33.0 Å². The van der Waals surface area contributed by atoms with Crippen LogP contribution in [0, 0.1) is 0 Å². The summed E-state index contributed by atoms with van der Waals surface area (Å²) in [4.78, 5) is 50.7. The number of aliphatic carboxylic acids is 1. The summed E-state index contributed by atoms with van der Waals surface area (Å²) in [6.45, 7) is 5.73. The van der Waals surface area contributed by atoms with Crippen molar-refractivity contribution in [3.8, 4) is 0 Å². The fraction of sp³-hybridized carbons (Fsp3) is 0.353. The lowest BCUT2D eigenvalue weighted by atomic mass is 9.98. The Morgan fingerprint density at radius 3 is 2.43 bits per heavy atom. The Kier molecular flexibility index (Phi) is 11.4. The van der Waals surface area contributed by atoms with E-state index < -0.39 is 34.8 Å². The quantitative estimate of drug-likeness (QED) is 0.199. The molecule has 0 bridgehead atoms. The minimum Gasteiger partial charge on any atom is -0.768 e. The van der Waals surface area contributed by atoms with Crippen LogP contribution in [0.4, 0.5) is 16.2 Å². The van der Waals surface area contributed by atoms with Gasteiger partial charge in [-0.3, -0.25) is 13.8 Å². The van der Waals surface area contributed by atoms with Gasteiger partial charge in [-0.25, -0.2) is 9.59 Å². The molecule has 12 nitrogen and oxygen atoms in total. The number of hydrogen-bond acceptors (Lipinski definition) is 8. The highest BCUT2D eigenvalue weighted by atomic mass is 32.2. The van der Waals surface area contributed by atoms with E-state index >= 15 is 0 Å². The third-order valence-corrected chi connectivity index (χ3v) is 8.17. The third-order valence-electron chi connectivity index (χ3n) is 7.41. The van der Waals surface area contributed by atoms with Gasteiger partial charge >= 0.3 is 12.1 Å². The van der Waals surface area contributed by atoms with Crippen molar-refractivity contribution in [1.29, 1.82) is 0 Å². The molecular weight excluding hydrogens is 624 g/mol. The van der Waals surface area contributed by atoms with Crippen LogP contribution in [-0.4, -0.2) is 61.8 Å². The van der Waals surface area contributed by atoms with Crippen LogP contribution in [0.3, 0.4) is 0 Å². The SMILES string of the molecule is CN(Cc1cc(NC(=O)CCCc2ccc(C(Nc3ccc4c(c3)C(=O)NCC4)C(=O)O)cc2)ccc1S(=O)[O-])C(=O)OC(C)(C)C. The molecule has 3 aromatic carbocycles. The number of carbonyl (C=O) groups excluding carboxylic acids is 3. The number of ether oxygens (including phenoxy) is 1. The van der Waals surface area contributed by atoms with Crippen LogP contribution in [0.15, 0.2) is 65.6 Å². The fourth-order valence-corrected chi connectivity index (χ4v) is 5.63. The largest absolute Gasteiger partial charge is 0.768 e. The van der Waals surface area contributed by atoms with Gasteiger partial charge in [0, 0.05) is 48.4 Å². The third kappa shape index (κ3) is 9.87. The molecule has 1 aliphatic rings. The number of carbonyl (C=O) groups is 4. The van der Waals surface area contributed by atoms with Crippen molar-refractivity contribution >= 4 is 46.3 Å². The highest BCUT2D eigenvalue weighted by Gasteiger charge is 2.23. The van der Waals surface area contributed by atoms with E-state index in [4.69, 9.17) is 4.74 Å². The van der Waals surface area contributed by atoms with Crippen LogP contribution in [-0.2, 0) is 44.8 Å². The van der Waals surface area contributed by atoms with Crippen molar-refractivity contribution < 1.29 is 37.8 Å². The monoisotopic (exact) mass is 663 g/mol. The number of amides is 3. The van der Waals surface area contributed by atoms with E-state index in [0.717, 1.165) is 17.5 Å². The fourth-order valence-electron chi connectivity index (χ4n) is 5.11. The summed E-state index contributed by atoms with van der Waals surface area (Å²) < 4.78 is 28.9. The Balaban J connectivity index is 1.32. The van der Waals surface area contributed by atoms with Gasteiger partial charge in [-0.1, -0.05) is 30.3 Å². The number of nitrogens with one attached hydrogen (secondary N) is 3. The van der Waals surface area contributed by atoms with Gasteiger partial charge in [0.1, 0.15) is 5.60 Å². The van der Waals surface area contributed by atoms with Gasteiger partial charge in [0.05, 0.1) is 0 Å². The molecule has 2 unspecified atom stereocenters.